The highest BCUT2D eigenvalue weighted by molar-refractivity contribution is 6.30. The van der Waals surface area contributed by atoms with E-state index >= 15 is 0 Å². The van der Waals surface area contributed by atoms with E-state index in [0.717, 1.165) is 11.5 Å². The Balaban J connectivity index is 2.94. The van der Waals surface area contributed by atoms with Crippen LogP contribution in [-0.4, -0.2) is 0 Å². The summed E-state index contributed by atoms with van der Waals surface area (Å²) in [6.07, 6.45) is 3.36. The molecular weight excluding hydrogens is 144 g/mol. The Hall–Kier alpha value is -0.230. The Morgan fingerprint density at radius 2 is 2.10 bits per heavy atom. The molecule has 1 aliphatic carbocycles. The topological polar surface area (TPSA) is 0 Å². The quantitative estimate of drug-likeness (QED) is 0.504. The van der Waals surface area contributed by atoms with Crippen LogP contribution in [-0.2, 0) is 0 Å². The summed E-state index contributed by atoms with van der Waals surface area (Å²) in [6, 6.07) is 0. The van der Waals surface area contributed by atoms with Gasteiger partial charge in [0.05, 0.1) is 0 Å². The third kappa shape index (κ3) is 1.27. The van der Waals surface area contributed by atoms with Crippen molar-refractivity contribution in [1.82, 2.24) is 0 Å². The van der Waals surface area contributed by atoms with Crippen molar-refractivity contribution in [1.29, 1.82) is 0 Å². The van der Waals surface area contributed by atoms with Crippen LogP contribution in [0.5, 0.6) is 0 Å². The summed E-state index contributed by atoms with van der Waals surface area (Å²) in [5.74, 6) is 0.533. The number of hydrogen-bond acceptors (Lipinski definition) is 0. The molecule has 0 nitrogen and oxygen atoms in total. The summed E-state index contributed by atoms with van der Waals surface area (Å²) in [5.41, 5.74) is 2.60. The first-order valence-corrected chi connectivity index (χ1v) is 4.04. The average molecular weight is 157 g/mol. The first kappa shape index (κ1) is 7.87. The van der Waals surface area contributed by atoms with E-state index in [-0.39, 0.29) is 0 Å². The Kier molecular flexibility index (Phi) is 2.20. The molecule has 0 saturated carbocycles. The van der Waals surface area contributed by atoms with Crippen LogP contribution in [0.3, 0.4) is 0 Å². The maximum Gasteiger partial charge on any atom is 0.0243 e. The average Bonchev–Trinajstić information content (AvgIpc) is 1.93. The lowest BCUT2D eigenvalue weighted by atomic mass is 9.93. The Bertz CT molecular complexity index is 199. The van der Waals surface area contributed by atoms with E-state index in [1.807, 2.05) is 0 Å². The molecule has 1 unspecified atom stereocenters. The van der Waals surface area contributed by atoms with Gasteiger partial charge in [0.25, 0.3) is 0 Å². The van der Waals surface area contributed by atoms with Gasteiger partial charge < -0.3 is 0 Å². The summed E-state index contributed by atoms with van der Waals surface area (Å²) >= 11 is 6.05. The van der Waals surface area contributed by atoms with Gasteiger partial charge in [0.2, 0.25) is 0 Å². The van der Waals surface area contributed by atoms with E-state index in [0.29, 0.717) is 5.92 Å². The molecule has 0 heterocycles. The molecule has 1 aliphatic rings. The fourth-order valence-corrected chi connectivity index (χ4v) is 1.41. The van der Waals surface area contributed by atoms with Crippen molar-refractivity contribution in [3.8, 4) is 0 Å². The zero-order valence-electron chi connectivity index (χ0n) is 6.74. The lowest BCUT2D eigenvalue weighted by molar-refractivity contribution is 0.706. The molecule has 0 saturated heterocycles. The van der Waals surface area contributed by atoms with Crippen LogP contribution in [0.1, 0.15) is 27.2 Å². The zero-order valence-corrected chi connectivity index (χ0v) is 7.50. The molecule has 1 atom stereocenters. The predicted molar refractivity (Wildman–Crippen MR) is 46.1 cm³/mol. The molecule has 10 heavy (non-hydrogen) atoms. The smallest absolute Gasteiger partial charge is 0.0243 e. The van der Waals surface area contributed by atoms with E-state index in [4.69, 9.17) is 11.6 Å². The number of halogens is 1. The Morgan fingerprint density at radius 1 is 1.50 bits per heavy atom. The first-order valence-electron chi connectivity index (χ1n) is 3.66. The minimum Gasteiger partial charge on any atom is -0.0885 e. The van der Waals surface area contributed by atoms with Crippen LogP contribution in [0, 0.1) is 5.92 Å². The molecule has 0 aliphatic heterocycles. The van der Waals surface area contributed by atoms with Gasteiger partial charge in [0.1, 0.15) is 0 Å². The molecule has 0 radical (unpaired) electrons. The van der Waals surface area contributed by atoms with Gasteiger partial charge in [-0.2, -0.15) is 0 Å². The van der Waals surface area contributed by atoms with E-state index in [1.165, 1.54) is 11.1 Å². The number of rotatable bonds is 0. The minimum atomic E-state index is 0.533. The Labute approximate surface area is 67.6 Å². The molecular formula is C9H13Cl. The maximum atomic E-state index is 6.05. The molecule has 0 aromatic heterocycles. The zero-order chi connectivity index (χ0) is 7.72. The molecule has 1 rings (SSSR count). The molecule has 0 spiro atoms. The van der Waals surface area contributed by atoms with Crippen LogP contribution in [0.25, 0.3) is 0 Å². The molecule has 1 heteroatoms. The Morgan fingerprint density at radius 3 is 2.60 bits per heavy atom. The van der Waals surface area contributed by atoms with E-state index in [2.05, 4.69) is 26.8 Å². The molecule has 0 aromatic carbocycles. The van der Waals surface area contributed by atoms with E-state index < -0.39 is 0 Å². The van der Waals surface area contributed by atoms with Gasteiger partial charge in [-0.3, -0.25) is 0 Å². The van der Waals surface area contributed by atoms with Crippen molar-refractivity contribution in [3.63, 3.8) is 0 Å². The molecule has 0 N–H and O–H groups in total. The van der Waals surface area contributed by atoms with Gasteiger partial charge in [0.15, 0.2) is 0 Å². The molecule has 56 valence electrons. The van der Waals surface area contributed by atoms with Crippen LogP contribution < -0.4 is 0 Å². The van der Waals surface area contributed by atoms with Gasteiger partial charge in [-0.05, 0) is 31.8 Å². The van der Waals surface area contributed by atoms with Gasteiger partial charge >= 0.3 is 0 Å². The lowest BCUT2D eigenvalue weighted by Gasteiger charge is -2.17. The van der Waals surface area contributed by atoms with Gasteiger partial charge in [-0.1, -0.05) is 30.2 Å². The van der Waals surface area contributed by atoms with Crippen LogP contribution in [0.4, 0.5) is 0 Å². The van der Waals surface area contributed by atoms with E-state index in [1.54, 1.807) is 0 Å². The first-order chi connectivity index (χ1) is 4.63. The van der Waals surface area contributed by atoms with Crippen LogP contribution in [0.15, 0.2) is 22.3 Å². The summed E-state index contributed by atoms with van der Waals surface area (Å²) in [6.45, 7) is 6.36. The highest BCUT2D eigenvalue weighted by Crippen LogP contribution is 2.31. The fourth-order valence-electron chi connectivity index (χ4n) is 1.17. The molecule has 0 fully saturated rings. The monoisotopic (exact) mass is 156 g/mol. The second-order valence-corrected chi connectivity index (χ2v) is 3.40. The third-order valence-corrected chi connectivity index (χ3v) is 2.82. The normalized spacial score (nSPS) is 26.8. The van der Waals surface area contributed by atoms with Crippen molar-refractivity contribution in [2.75, 3.05) is 0 Å². The van der Waals surface area contributed by atoms with Gasteiger partial charge in [-0.25, -0.2) is 0 Å². The lowest BCUT2D eigenvalue weighted by Crippen LogP contribution is -2.02. The fraction of sp³-hybridized carbons (Fsp3) is 0.556. The summed E-state index contributed by atoms with van der Waals surface area (Å²) in [4.78, 5) is 0. The largest absolute Gasteiger partial charge is 0.0885 e. The van der Waals surface area contributed by atoms with Crippen molar-refractivity contribution >= 4 is 11.6 Å². The van der Waals surface area contributed by atoms with Crippen molar-refractivity contribution in [3.05, 3.63) is 22.3 Å². The van der Waals surface area contributed by atoms with Crippen molar-refractivity contribution in [2.45, 2.75) is 27.2 Å². The maximum absolute atomic E-state index is 6.05. The van der Waals surface area contributed by atoms with Crippen LogP contribution >= 0.6 is 11.6 Å². The second kappa shape index (κ2) is 2.79. The molecule has 0 amide bonds. The van der Waals surface area contributed by atoms with Crippen molar-refractivity contribution < 1.29 is 0 Å². The number of allylic oxidation sites excluding steroid dienone is 4. The molecule has 0 aromatic rings. The summed E-state index contributed by atoms with van der Waals surface area (Å²) in [5, 5.41) is 1.04. The summed E-state index contributed by atoms with van der Waals surface area (Å²) in [7, 11) is 0. The number of hydrogen-bond donors (Lipinski definition) is 0. The molecule has 0 bridgehead atoms. The highest BCUT2D eigenvalue weighted by Gasteiger charge is 2.13. The highest BCUT2D eigenvalue weighted by atomic mass is 35.5. The van der Waals surface area contributed by atoms with E-state index in [9.17, 15) is 0 Å². The second-order valence-electron chi connectivity index (χ2n) is 3.00. The standard InChI is InChI=1S/C9H13Cl/c1-6-4-5-7(2)9(10)8(6)3/h4,7H,5H2,1-3H3. The third-order valence-electron chi connectivity index (χ3n) is 2.16. The predicted octanol–water partition coefficient (Wildman–Crippen LogP) is 3.49. The summed E-state index contributed by atoms with van der Waals surface area (Å²) < 4.78 is 0. The van der Waals surface area contributed by atoms with Crippen molar-refractivity contribution in [2.24, 2.45) is 5.92 Å². The van der Waals surface area contributed by atoms with Gasteiger partial charge in [0, 0.05) is 5.03 Å². The van der Waals surface area contributed by atoms with Crippen LogP contribution in [0.2, 0.25) is 0 Å². The van der Waals surface area contributed by atoms with Gasteiger partial charge in [-0.15, -0.1) is 0 Å². The minimum absolute atomic E-state index is 0.533. The SMILES string of the molecule is CC1=CCC(C)C(Cl)=C1C.